The van der Waals surface area contributed by atoms with Crippen LogP contribution >= 0.6 is 0 Å². The van der Waals surface area contributed by atoms with Crippen molar-refractivity contribution >= 4 is 34.3 Å². The average molecular weight is 918 g/mol. The maximum absolute atomic E-state index is 14.5. The highest BCUT2D eigenvalue weighted by Crippen LogP contribution is 2.39. The molecule has 3 aliphatic heterocycles. The molecule has 366 valence electrons. The van der Waals surface area contributed by atoms with E-state index in [0.29, 0.717) is 51.4 Å². The van der Waals surface area contributed by atoms with E-state index >= 15 is 0 Å². The van der Waals surface area contributed by atoms with Gasteiger partial charge in [0.05, 0.1) is 18.3 Å². The second kappa shape index (κ2) is 23.1. The minimum absolute atomic E-state index is 0.0273. The van der Waals surface area contributed by atoms with Crippen LogP contribution in [0.3, 0.4) is 0 Å². The van der Waals surface area contributed by atoms with Gasteiger partial charge in [0, 0.05) is 77.5 Å². The van der Waals surface area contributed by atoms with Crippen LogP contribution in [0.25, 0.3) is 10.9 Å². The van der Waals surface area contributed by atoms with E-state index in [4.69, 9.17) is 23.7 Å². The van der Waals surface area contributed by atoms with E-state index in [2.05, 4.69) is 66.5 Å². The fourth-order valence-electron chi connectivity index (χ4n) is 11.3. The smallest absolute Gasteiger partial charge is 0.329 e. The summed E-state index contributed by atoms with van der Waals surface area (Å²) in [5.74, 6) is -6.02. The van der Waals surface area contributed by atoms with Gasteiger partial charge in [0.1, 0.15) is 24.0 Å². The Morgan fingerprint density at radius 2 is 1.67 bits per heavy atom. The number of rotatable bonds is 9. The Balaban J connectivity index is 1.26. The van der Waals surface area contributed by atoms with Crippen molar-refractivity contribution < 1.29 is 48.0 Å². The molecule has 3 fully saturated rings. The monoisotopic (exact) mass is 918 g/mol. The first-order valence-corrected chi connectivity index (χ1v) is 24.7. The van der Waals surface area contributed by atoms with Gasteiger partial charge in [0.25, 0.3) is 11.7 Å². The lowest BCUT2D eigenvalue weighted by atomic mass is 9.81. The van der Waals surface area contributed by atoms with E-state index in [0.717, 1.165) is 37.0 Å². The standard InChI is InChI=1S/C53H79N3O10/c1-11-39-25-32(2)24-33(3)26-46(63-9)49-47(64-10)28-36(6)53(61,66-49)50(58)51(59)56-22-13-12-14-43(56)52(60)65-48(34(4)15-20-44(39)57)35(5)27-37-16-18-41(45(30-37)62-8)54-31-38-17-19-42-40(29-38)21-23-55(42)7/h17,19,21,23,25,27,29,33-34,36-37,39,41,43,45-49,54,61H,11-16,18,20,22,24,26,28,30-31H2,1-10H3. The molecule has 1 aromatic heterocycles. The van der Waals surface area contributed by atoms with Crippen LogP contribution in [-0.4, -0.2) is 114 Å². The average Bonchev–Trinajstić information content (AvgIpc) is 3.69. The highest BCUT2D eigenvalue weighted by Gasteiger charge is 2.56. The zero-order chi connectivity index (χ0) is 47.9. The second-order valence-corrected chi connectivity index (χ2v) is 20.3. The van der Waals surface area contributed by atoms with Crippen molar-refractivity contribution in [3.63, 3.8) is 0 Å². The largest absolute Gasteiger partial charge is 0.456 e. The van der Waals surface area contributed by atoms with Crippen molar-refractivity contribution in [3.8, 4) is 0 Å². The number of ketones is 2. The molecule has 4 aliphatic rings. The molecule has 13 unspecified atom stereocenters. The number of fused-ring (bicyclic) bond motifs is 4. The molecule has 1 aliphatic carbocycles. The number of nitrogens with zero attached hydrogens (tertiary/aromatic N) is 2. The summed E-state index contributed by atoms with van der Waals surface area (Å²) in [5.41, 5.74) is 4.40. The Morgan fingerprint density at radius 3 is 2.38 bits per heavy atom. The molecule has 13 heteroatoms. The number of benzene rings is 1. The van der Waals surface area contributed by atoms with E-state index in [1.165, 1.54) is 21.4 Å². The molecule has 2 N–H and O–H groups in total. The van der Waals surface area contributed by atoms with Gasteiger partial charge in [-0.25, -0.2) is 4.79 Å². The predicted octanol–water partition coefficient (Wildman–Crippen LogP) is 7.79. The van der Waals surface area contributed by atoms with Crippen LogP contribution in [-0.2, 0) is 56.5 Å². The number of amides is 1. The fourth-order valence-corrected chi connectivity index (χ4v) is 11.3. The van der Waals surface area contributed by atoms with E-state index in [1.54, 1.807) is 28.3 Å². The maximum Gasteiger partial charge on any atom is 0.329 e. The summed E-state index contributed by atoms with van der Waals surface area (Å²) in [5, 5.41) is 17.1. The third-order valence-corrected chi connectivity index (χ3v) is 15.3. The Kier molecular flexibility index (Phi) is 18.0. The van der Waals surface area contributed by atoms with Crippen molar-refractivity contribution in [3.05, 3.63) is 59.3 Å². The number of hydrogen-bond acceptors (Lipinski definition) is 11. The number of carbonyl (C=O) groups is 4. The van der Waals surface area contributed by atoms with Crippen LogP contribution in [0.5, 0.6) is 0 Å². The van der Waals surface area contributed by atoms with Crippen molar-refractivity contribution in [2.24, 2.45) is 36.6 Å². The number of ether oxygens (including phenoxy) is 5. The molecule has 13 nitrogen and oxygen atoms in total. The third-order valence-electron chi connectivity index (χ3n) is 15.3. The van der Waals surface area contributed by atoms with E-state index in [-0.39, 0.29) is 54.6 Å². The molecule has 2 aromatic rings. The number of methoxy groups -OCH3 is 3. The first-order chi connectivity index (χ1) is 31.5. The van der Waals surface area contributed by atoms with Crippen LogP contribution in [0, 0.1) is 29.6 Å². The quantitative estimate of drug-likeness (QED) is 0.144. The van der Waals surface area contributed by atoms with Gasteiger partial charge in [0.15, 0.2) is 0 Å². The SMILES string of the molecule is CCC1C=C(C)CC(C)CC(OC)C2OC(O)(C(=O)C(=O)N3CCCCC3C(=O)OC(C(C)=CC3CCC(NCc4ccc5c(ccn5C)c4)C(OC)C3)C(C)CCC1=O)C(C)CC2OC. The van der Waals surface area contributed by atoms with Crippen molar-refractivity contribution in [1.29, 1.82) is 0 Å². The number of Topliss-reactive ketones (excluding diaryl/α,β-unsaturated/α-hetero) is 2. The van der Waals surface area contributed by atoms with E-state index in [9.17, 15) is 24.3 Å². The molecule has 66 heavy (non-hydrogen) atoms. The lowest BCUT2D eigenvalue weighted by molar-refractivity contribution is -0.302. The molecule has 6 rings (SSSR count). The number of hydrogen-bond donors (Lipinski definition) is 2. The molecule has 13 atom stereocenters. The van der Waals surface area contributed by atoms with Gasteiger partial charge in [-0.2, -0.15) is 0 Å². The predicted molar refractivity (Wildman–Crippen MR) is 254 cm³/mol. The molecule has 1 saturated carbocycles. The van der Waals surface area contributed by atoms with Crippen LogP contribution < -0.4 is 5.32 Å². The summed E-state index contributed by atoms with van der Waals surface area (Å²) in [4.78, 5) is 58.5. The summed E-state index contributed by atoms with van der Waals surface area (Å²) in [6.45, 7) is 12.8. The van der Waals surface area contributed by atoms with Gasteiger partial charge in [-0.15, -0.1) is 0 Å². The normalized spacial score (nSPS) is 35.2. The summed E-state index contributed by atoms with van der Waals surface area (Å²) < 4.78 is 32.9. The van der Waals surface area contributed by atoms with Crippen LogP contribution in [0.15, 0.2) is 53.8 Å². The van der Waals surface area contributed by atoms with Crippen molar-refractivity contribution in [2.45, 2.75) is 174 Å². The minimum Gasteiger partial charge on any atom is -0.456 e. The molecule has 0 spiro atoms. The van der Waals surface area contributed by atoms with Gasteiger partial charge in [0.2, 0.25) is 5.79 Å². The Hall–Kier alpha value is -3.72. The summed E-state index contributed by atoms with van der Waals surface area (Å²) >= 11 is 0. The van der Waals surface area contributed by atoms with Gasteiger partial charge >= 0.3 is 5.97 Å². The summed E-state index contributed by atoms with van der Waals surface area (Å²) in [6, 6.07) is 7.84. The van der Waals surface area contributed by atoms with E-state index in [1.807, 2.05) is 27.7 Å². The summed E-state index contributed by atoms with van der Waals surface area (Å²) in [7, 11) is 6.94. The highest BCUT2D eigenvalue weighted by atomic mass is 16.7. The van der Waals surface area contributed by atoms with E-state index < -0.39 is 59.8 Å². The first kappa shape index (κ1) is 51.7. The first-order valence-electron chi connectivity index (χ1n) is 24.7. The lowest BCUT2D eigenvalue weighted by Gasteiger charge is -2.47. The maximum atomic E-state index is 14.5. The molecule has 4 heterocycles. The number of piperidine rings is 1. The Labute approximate surface area is 393 Å². The topological polar surface area (TPSA) is 155 Å². The van der Waals surface area contributed by atoms with Gasteiger partial charge in [-0.1, -0.05) is 51.5 Å². The molecule has 1 aromatic carbocycles. The number of aryl methyl sites for hydroxylation is 1. The molecule has 2 saturated heterocycles. The molecular formula is C53H79N3O10. The van der Waals surface area contributed by atoms with Crippen molar-refractivity contribution in [1.82, 2.24) is 14.8 Å². The van der Waals surface area contributed by atoms with Gasteiger partial charge in [-0.3, -0.25) is 14.4 Å². The zero-order valence-corrected chi connectivity index (χ0v) is 41.4. The van der Waals surface area contributed by atoms with Crippen molar-refractivity contribution in [2.75, 3.05) is 27.9 Å². The number of aromatic nitrogens is 1. The van der Waals surface area contributed by atoms with Crippen LogP contribution in [0.4, 0.5) is 0 Å². The number of allylic oxidation sites excluding steroid dienone is 3. The summed E-state index contributed by atoms with van der Waals surface area (Å²) in [6.07, 6.45) is 10.8. The Morgan fingerprint density at radius 1 is 0.939 bits per heavy atom. The number of aliphatic hydroxyl groups is 1. The molecule has 1 amide bonds. The van der Waals surface area contributed by atoms with Gasteiger partial charge in [-0.05, 0) is 137 Å². The number of carbonyl (C=O) groups excluding carboxylic acids is 4. The molecular weight excluding hydrogens is 839 g/mol. The molecule has 0 radical (unpaired) electrons. The van der Waals surface area contributed by atoms with Crippen LogP contribution in [0.1, 0.15) is 124 Å². The second-order valence-electron chi connectivity index (χ2n) is 20.3. The van der Waals surface area contributed by atoms with Gasteiger partial charge < -0.3 is 43.6 Å². The van der Waals surface area contributed by atoms with Crippen LogP contribution in [0.2, 0.25) is 0 Å². The minimum atomic E-state index is -2.46. The third kappa shape index (κ3) is 11.9. The lowest BCUT2D eigenvalue weighted by Crippen LogP contribution is -2.64. The number of esters is 1. The number of nitrogens with one attached hydrogen (secondary N) is 1. The number of cyclic esters (lactones) is 1. The highest BCUT2D eigenvalue weighted by molar-refractivity contribution is 6.39. The molecule has 2 bridgehead atoms. The Bertz CT molecular complexity index is 2060. The fraction of sp³-hybridized carbons (Fsp3) is 0.698. The zero-order valence-electron chi connectivity index (χ0n) is 41.4.